The second-order valence-electron chi connectivity index (χ2n) is 3.75. The maximum absolute atomic E-state index is 6.14. The number of rotatable bonds is 3. The van der Waals surface area contributed by atoms with Gasteiger partial charge >= 0.3 is 0 Å². The highest BCUT2D eigenvalue weighted by molar-refractivity contribution is 7.79. The Morgan fingerprint density at radius 1 is 0.933 bits per heavy atom. The minimum Gasteiger partial charge on any atom is -0.398 e. The molecule has 0 heterocycles. The van der Waals surface area contributed by atoms with Crippen molar-refractivity contribution < 1.29 is 0 Å². The maximum atomic E-state index is 6.14. The van der Waals surface area contributed by atoms with Crippen molar-refractivity contribution in [3.05, 3.63) is 22.3 Å². The first-order valence-corrected chi connectivity index (χ1v) is 6.00. The van der Waals surface area contributed by atoms with Crippen molar-refractivity contribution in [2.24, 2.45) is 0 Å². The van der Waals surface area contributed by atoms with Crippen LogP contribution in [0.5, 0.6) is 0 Å². The van der Waals surface area contributed by atoms with Gasteiger partial charge in [-0.1, -0.05) is 13.8 Å². The molecule has 0 radical (unpaired) electrons. The molecule has 0 saturated carbocycles. The summed E-state index contributed by atoms with van der Waals surface area (Å²) in [6, 6.07) is 0. The number of thiol groups is 1. The maximum Gasteiger partial charge on any atom is 0.0402 e. The Morgan fingerprint density at radius 3 is 1.87 bits per heavy atom. The smallest absolute Gasteiger partial charge is 0.0402 e. The predicted molar refractivity (Wildman–Crippen MR) is 71.4 cm³/mol. The molecule has 0 aromatic heterocycles. The summed E-state index contributed by atoms with van der Waals surface area (Å²) in [7, 11) is 0. The minimum absolute atomic E-state index is 0.702. The Labute approximate surface area is 97.5 Å². The standard InChI is InChI=1S/C12H20N2S/c1-4-8-10(6-15)7(3)11(13)9(5-2)12(8)14/h15H,4-6,13-14H2,1-3H3. The molecule has 2 nitrogen and oxygen atoms in total. The molecule has 3 heteroatoms. The quantitative estimate of drug-likeness (QED) is 0.546. The molecule has 1 rings (SSSR count). The molecule has 4 N–H and O–H groups in total. The fraction of sp³-hybridized carbons (Fsp3) is 0.500. The molecule has 15 heavy (non-hydrogen) atoms. The summed E-state index contributed by atoms with van der Waals surface area (Å²) >= 11 is 4.35. The SMILES string of the molecule is CCc1c(N)c(C)c(CS)c(CC)c1N. The molecule has 0 amide bonds. The van der Waals surface area contributed by atoms with E-state index in [2.05, 4.69) is 33.4 Å². The van der Waals surface area contributed by atoms with Crippen LogP contribution < -0.4 is 11.5 Å². The Kier molecular flexibility index (Phi) is 3.91. The van der Waals surface area contributed by atoms with Gasteiger partial charge in [0.1, 0.15) is 0 Å². The molecule has 0 aliphatic carbocycles. The lowest BCUT2D eigenvalue weighted by atomic mass is 9.92. The van der Waals surface area contributed by atoms with Crippen molar-refractivity contribution in [3.63, 3.8) is 0 Å². The zero-order valence-corrected chi connectivity index (χ0v) is 10.6. The van der Waals surface area contributed by atoms with Crippen LogP contribution in [-0.2, 0) is 18.6 Å². The summed E-state index contributed by atoms with van der Waals surface area (Å²) in [4.78, 5) is 0. The van der Waals surface area contributed by atoms with Crippen molar-refractivity contribution in [2.75, 3.05) is 11.5 Å². The highest BCUT2D eigenvalue weighted by Gasteiger charge is 2.15. The van der Waals surface area contributed by atoms with Crippen molar-refractivity contribution in [2.45, 2.75) is 39.4 Å². The number of benzene rings is 1. The van der Waals surface area contributed by atoms with E-state index >= 15 is 0 Å². The Bertz CT molecular complexity index is 373. The van der Waals surface area contributed by atoms with Gasteiger partial charge in [0.05, 0.1) is 0 Å². The molecule has 0 fully saturated rings. The van der Waals surface area contributed by atoms with Crippen LogP contribution in [0.2, 0.25) is 0 Å². The molecule has 0 aliphatic rings. The summed E-state index contributed by atoms with van der Waals surface area (Å²) in [5, 5.41) is 0. The lowest BCUT2D eigenvalue weighted by molar-refractivity contribution is 1.06. The monoisotopic (exact) mass is 224 g/mol. The van der Waals surface area contributed by atoms with Crippen LogP contribution in [0.1, 0.15) is 36.1 Å². The average molecular weight is 224 g/mol. The van der Waals surface area contributed by atoms with Gasteiger partial charge in [0.2, 0.25) is 0 Å². The number of anilines is 2. The molecule has 0 bridgehead atoms. The molecule has 0 unspecified atom stereocenters. The molecule has 0 saturated heterocycles. The van der Waals surface area contributed by atoms with Crippen LogP contribution in [0.4, 0.5) is 11.4 Å². The van der Waals surface area contributed by atoms with Crippen LogP contribution in [0.3, 0.4) is 0 Å². The molecule has 0 atom stereocenters. The molecule has 1 aromatic carbocycles. The Morgan fingerprint density at radius 2 is 1.47 bits per heavy atom. The van der Waals surface area contributed by atoms with E-state index in [9.17, 15) is 0 Å². The van der Waals surface area contributed by atoms with E-state index in [0.717, 1.165) is 35.3 Å². The summed E-state index contributed by atoms with van der Waals surface area (Å²) in [6.45, 7) is 6.26. The minimum atomic E-state index is 0.702. The molecule has 0 spiro atoms. The van der Waals surface area contributed by atoms with E-state index in [1.54, 1.807) is 0 Å². The van der Waals surface area contributed by atoms with E-state index in [1.165, 1.54) is 11.1 Å². The van der Waals surface area contributed by atoms with Crippen LogP contribution in [0.15, 0.2) is 0 Å². The number of hydrogen-bond acceptors (Lipinski definition) is 3. The summed E-state index contributed by atoms with van der Waals surface area (Å²) < 4.78 is 0. The number of nitrogen functional groups attached to an aromatic ring is 2. The third-order valence-electron chi connectivity index (χ3n) is 3.06. The van der Waals surface area contributed by atoms with Crippen LogP contribution in [0.25, 0.3) is 0 Å². The van der Waals surface area contributed by atoms with Gasteiger partial charge in [-0.2, -0.15) is 12.6 Å². The van der Waals surface area contributed by atoms with E-state index in [0.29, 0.717) is 5.75 Å². The third-order valence-corrected chi connectivity index (χ3v) is 3.38. The van der Waals surface area contributed by atoms with Gasteiger partial charge < -0.3 is 11.5 Å². The van der Waals surface area contributed by atoms with Crippen LogP contribution in [0, 0.1) is 6.92 Å². The zero-order chi connectivity index (χ0) is 11.6. The topological polar surface area (TPSA) is 52.0 Å². The summed E-state index contributed by atoms with van der Waals surface area (Å²) in [5.74, 6) is 0.702. The first-order chi connectivity index (χ1) is 7.08. The van der Waals surface area contributed by atoms with Gasteiger partial charge in [0, 0.05) is 17.1 Å². The third kappa shape index (κ3) is 1.93. The first-order valence-electron chi connectivity index (χ1n) is 5.37. The number of nitrogens with two attached hydrogens (primary N) is 2. The zero-order valence-electron chi connectivity index (χ0n) is 9.72. The van der Waals surface area contributed by atoms with Gasteiger partial charge in [-0.05, 0) is 42.0 Å². The van der Waals surface area contributed by atoms with E-state index in [1.807, 2.05) is 0 Å². The largest absolute Gasteiger partial charge is 0.398 e. The van der Waals surface area contributed by atoms with Gasteiger partial charge in [-0.15, -0.1) is 0 Å². The van der Waals surface area contributed by atoms with E-state index in [4.69, 9.17) is 11.5 Å². The lowest BCUT2D eigenvalue weighted by Gasteiger charge is -2.19. The van der Waals surface area contributed by atoms with Crippen molar-refractivity contribution in [1.29, 1.82) is 0 Å². The molecular weight excluding hydrogens is 204 g/mol. The van der Waals surface area contributed by atoms with E-state index in [-0.39, 0.29) is 0 Å². The van der Waals surface area contributed by atoms with Gasteiger partial charge in [0.25, 0.3) is 0 Å². The Balaban J connectivity index is 3.57. The molecule has 84 valence electrons. The highest BCUT2D eigenvalue weighted by Crippen LogP contribution is 2.33. The number of hydrogen-bond donors (Lipinski definition) is 3. The normalized spacial score (nSPS) is 10.7. The lowest BCUT2D eigenvalue weighted by Crippen LogP contribution is -2.09. The molecular formula is C12H20N2S. The Hall–Kier alpha value is -0.830. The fourth-order valence-electron chi connectivity index (χ4n) is 2.10. The predicted octanol–water partition coefficient (Wildman–Crippen LogP) is 2.71. The average Bonchev–Trinajstić information content (AvgIpc) is 2.23. The summed E-state index contributed by atoms with van der Waals surface area (Å²) in [6.07, 6.45) is 1.83. The first kappa shape index (κ1) is 12.2. The second kappa shape index (κ2) is 4.79. The second-order valence-corrected chi connectivity index (χ2v) is 4.07. The van der Waals surface area contributed by atoms with Gasteiger partial charge in [-0.25, -0.2) is 0 Å². The van der Waals surface area contributed by atoms with Crippen molar-refractivity contribution >= 4 is 24.0 Å². The van der Waals surface area contributed by atoms with E-state index < -0.39 is 0 Å². The van der Waals surface area contributed by atoms with Crippen LogP contribution >= 0.6 is 12.6 Å². The fourth-order valence-corrected chi connectivity index (χ4v) is 2.53. The summed E-state index contributed by atoms with van der Waals surface area (Å²) in [5.41, 5.74) is 18.6. The molecule has 0 aliphatic heterocycles. The molecule has 1 aromatic rings. The van der Waals surface area contributed by atoms with Crippen molar-refractivity contribution in [3.8, 4) is 0 Å². The highest BCUT2D eigenvalue weighted by atomic mass is 32.1. The van der Waals surface area contributed by atoms with Gasteiger partial charge in [0.15, 0.2) is 0 Å². The van der Waals surface area contributed by atoms with Gasteiger partial charge in [-0.3, -0.25) is 0 Å². The van der Waals surface area contributed by atoms with Crippen LogP contribution in [-0.4, -0.2) is 0 Å². The van der Waals surface area contributed by atoms with Crippen molar-refractivity contribution in [1.82, 2.24) is 0 Å².